The molecule has 16 heavy (non-hydrogen) atoms. The molecule has 3 N–H and O–H groups in total. The van der Waals surface area contributed by atoms with Crippen molar-refractivity contribution in [1.29, 1.82) is 0 Å². The highest BCUT2D eigenvalue weighted by Crippen LogP contribution is 2.07. The van der Waals surface area contributed by atoms with Crippen molar-refractivity contribution >= 4 is 23.8 Å². The van der Waals surface area contributed by atoms with Crippen molar-refractivity contribution in [1.82, 2.24) is 10.6 Å². The van der Waals surface area contributed by atoms with E-state index < -0.39 is 11.9 Å². The lowest BCUT2D eigenvalue weighted by Gasteiger charge is -2.11. The van der Waals surface area contributed by atoms with Crippen LogP contribution in [0, 0.1) is 5.92 Å². The molecule has 0 aromatic rings. The van der Waals surface area contributed by atoms with Crippen LogP contribution in [0.5, 0.6) is 0 Å². The van der Waals surface area contributed by atoms with Gasteiger partial charge >= 0.3 is 12.0 Å². The predicted octanol–water partition coefficient (Wildman–Crippen LogP) is 1.15. The summed E-state index contributed by atoms with van der Waals surface area (Å²) in [7, 11) is 0. The van der Waals surface area contributed by atoms with Gasteiger partial charge in [0, 0.05) is 18.3 Å². The van der Waals surface area contributed by atoms with E-state index in [9.17, 15) is 9.59 Å². The Hall–Kier alpha value is -0.910. The lowest BCUT2D eigenvalue weighted by atomic mass is 10.2. The van der Waals surface area contributed by atoms with E-state index in [0.717, 1.165) is 6.42 Å². The number of hydrogen-bond acceptors (Lipinski definition) is 3. The first kappa shape index (κ1) is 15.1. The van der Waals surface area contributed by atoms with Crippen molar-refractivity contribution in [3.05, 3.63) is 0 Å². The molecule has 0 aliphatic heterocycles. The van der Waals surface area contributed by atoms with E-state index in [0.29, 0.717) is 11.8 Å². The first-order chi connectivity index (χ1) is 7.47. The fourth-order valence-corrected chi connectivity index (χ4v) is 1.26. The van der Waals surface area contributed by atoms with Gasteiger partial charge in [-0.1, -0.05) is 13.8 Å². The first-order valence-electron chi connectivity index (χ1n) is 5.24. The predicted molar refractivity (Wildman–Crippen MR) is 65.8 cm³/mol. The van der Waals surface area contributed by atoms with Crippen LogP contribution >= 0.6 is 11.8 Å². The van der Waals surface area contributed by atoms with Gasteiger partial charge in [-0.15, -0.1) is 0 Å². The van der Waals surface area contributed by atoms with Crippen LogP contribution < -0.4 is 10.6 Å². The largest absolute Gasteiger partial charge is 0.481 e. The monoisotopic (exact) mass is 248 g/mol. The number of carbonyl (C=O) groups is 2. The van der Waals surface area contributed by atoms with Crippen molar-refractivity contribution in [2.75, 3.05) is 19.3 Å². The Morgan fingerprint density at radius 3 is 2.44 bits per heavy atom. The number of carboxylic acids is 1. The lowest BCUT2D eigenvalue weighted by Crippen LogP contribution is -2.39. The van der Waals surface area contributed by atoms with E-state index in [-0.39, 0.29) is 12.6 Å². The van der Waals surface area contributed by atoms with E-state index >= 15 is 0 Å². The molecule has 0 saturated carbocycles. The van der Waals surface area contributed by atoms with Gasteiger partial charge in [0.1, 0.15) is 0 Å². The number of thioether (sulfide) groups is 1. The summed E-state index contributed by atoms with van der Waals surface area (Å²) in [5, 5.41) is 14.3. The van der Waals surface area contributed by atoms with Crippen LogP contribution in [0.1, 0.15) is 20.3 Å². The fraction of sp³-hybridized carbons (Fsp3) is 0.800. The Kier molecular flexibility index (Phi) is 7.80. The lowest BCUT2D eigenvalue weighted by molar-refractivity contribution is -0.140. The van der Waals surface area contributed by atoms with Gasteiger partial charge in [-0.3, -0.25) is 4.79 Å². The van der Waals surface area contributed by atoms with E-state index in [1.54, 1.807) is 18.7 Å². The number of carboxylic acid groups (broad SMARTS) is 1. The number of aliphatic carboxylic acids is 1. The summed E-state index contributed by atoms with van der Waals surface area (Å²) in [5.41, 5.74) is 0. The number of urea groups is 1. The molecule has 0 saturated heterocycles. The molecule has 0 aliphatic rings. The van der Waals surface area contributed by atoms with Crippen LogP contribution in [0.3, 0.4) is 0 Å². The minimum absolute atomic E-state index is 0.152. The van der Waals surface area contributed by atoms with Gasteiger partial charge in [0.25, 0.3) is 0 Å². The van der Waals surface area contributed by atoms with Crippen LogP contribution in [-0.2, 0) is 4.79 Å². The van der Waals surface area contributed by atoms with Crippen molar-refractivity contribution in [3.8, 4) is 0 Å². The Balaban J connectivity index is 3.56. The Labute approximate surface area is 100 Å². The molecular formula is C10H20N2O3S. The van der Waals surface area contributed by atoms with Crippen molar-refractivity contribution in [2.45, 2.75) is 25.5 Å². The molecule has 0 spiro atoms. The van der Waals surface area contributed by atoms with Crippen molar-refractivity contribution < 1.29 is 14.7 Å². The smallest absolute Gasteiger partial charge is 0.314 e. The normalized spacial score (nSPS) is 13.9. The maximum atomic E-state index is 11.2. The zero-order chi connectivity index (χ0) is 12.6. The molecule has 2 unspecified atom stereocenters. The molecule has 0 aliphatic carbocycles. The third-order valence-corrected chi connectivity index (χ3v) is 3.27. The van der Waals surface area contributed by atoms with Gasteiger partial charge in [-0.25, -0.2) is 4.79 Å². The van der Waals surface area contributed by atoms with Gasteiger partial charge in [0.05, 0.1) is 5.92 Å². The fourth-order valence-electron chi connectivity index (χ4n) is 0.902. The molecule has 0 bridgehead atoms. The first-order valence-corrected chi connectivity index (χ1v) is 6.53. The van der Waals surface area contributed by atoms with Gasteiger partial charge < -0.3 is 15.7 Å². The van der Waals surface area contributed by atoms with E-state index in [4.69, 9.17) is 5.11 Å². The molecule has 0 radical (unpaired) electrons. The average Bonchev–Trinajstić information content (AvgIpc) is 2.25. The third kappa shape index (κ3) is 7.39. The van der Waals surface area contributed by atoms with Crippen LogP contribution in [0.2, 0.25) is 0 Å². The molecule has 94 valence electrons. The molecule has 6 heteroatoms. The minimum atomic E-state index is -0.906. The van der Waals surface area contributed by atoms with Crippen molar-refractivity contribution in [2.24, 2.45) is 5.92 Å². The number of amides is 2. The highest BCUT2D eigenvalue weighted by molar-refractivity contribution is 7.99. The molecule has 2 amide bonds. The van der Waals surface area contributed by atoms with Crippen LogP contribution in [-0.4, -0.2) is 41.7 Å². The quantitative estimate of drug-likeness (QED) is 0.631. The molecule has 0 heterocycles. The maximum absolute atomic E-state index is 11.2. The van der Waals surface area contributed by atoms with E-state index in [1.807, 2.05) is 6.26 Å². The number of nitrogens with one attached hydrogen (secondary N) is 2. The van der Waals surface area contributed by atoms with Crippen LogP contribution in [0.4, 0.5) is 4.79 Å². The van der Waals surface area contributed by atoms with E-state index in [2.05, 4.69) is 17.6 Å². The molecule has 0 fully saturated rings. The third-order valence-electron chi connectivity index (χ3n) is 2.23. The minimum Gasteiger partial charge on any atom is -0.481 e. The Bertz CT molecular complexity index is 236. The molecular weight excluding hydrogens is 228 g/mol. The van der Waals surface area contributed by atoms with Gasteiger partial charge in [0.2, 0.25) is 0 Å². The van der Waals surface area contributed by atoms with Gasteiger partial charge in [-0.05, 0) is 12.7 Å². The molecule has 0 aromatic heterocycles. The Morgan fingerprint density at radius 1 is 1.31 bits per heavy atom. The number of hydrogen-bond donors (Lipinski definition) is 3. The summed E-state index contributed by atoms with van der Waals surface area (Å²) >= 11 is 1.75. The SMILES string of the molecule is CSC(C)CCNC(=O)NCC(C)C(=O)O. The summed E-state index contributed by atoms with van der Waals surface area (Å²) < 4.78 is 0. The zero-order valence-electron chi connectivity index (χ0n) is 9.95. The average molecular weight is 248 g/mol. The van der Waals surface area contributed by atoms with Gasteiger partial charge in [-0.2, -0.15) is 11.8 Å². The van der Waals surface area contributed by atoms with Crippen molar-refractivity contribution in [3.63, 3.8) is 0 Å². The highest BCUT2D eigenvalue weighted by Gasteiger charge is 2.11. The molecule has 0 aromatic carbocycles. The number of carbonyl (C=O) groups excluding carboxylic acids is 1. The summed E-state index contributed by atoms with van der Waals surface area (Å²) in [6.45, 7) is 4.41. The molecule has 5 nitrogen and oxygen atoms in total. The van der Waals surface area contributed by atoms with Gasteiger partial charge in [0.15, 0.2) is 0 Å². The number of rotatable bonds is 7. The second kappa shape index (κ2) is 8.27. The van der Waals surface area contributed by atoms with Crippen LogP contribution in [0.25, 0.3) is 0 Å². The summed E-state index contributed by atoms with van der Waals surface area (Å²) in [6.07, 6.45) is 2.93. The Morgan fingerprint density at radius 2 is 1.94 bits per heavy atom. The standard InChI is InChI=1S/C10H20N2O3S/c1-7(9(13)14)6-12-10(15)11-5-4-8(2)16-3/h7-8H,4-6H2,1-3H3,(H,13,14)(H2,11,12,15). The summed E-state index contributed by atoms with van der Waals surface area (Å²) in [4.78, 5) is 21.7. The van der Waals surface area contributed by atoms with E-state index in [1.165, 1.54) is 0 Å². The summed E-state index contributed by atoms with van der Waals surface area (Å²) in [5.74, 6) is -1.47. The second-order valence-corrected chi connectivity index (χ2v) is 4.99. The zero-order valence-corrected chi connectivity index (χ0v) is 10.8. The maximum Gasteiger partial charge on any atom is 0.314 e. The highest BCUT2D eigenvalue weighted by atomic mass is 32.2. The second-order valence-electron chi connectivity index (χ2n) is 3.71. The topological polar surface area (TPSA) is 78.4 Å². The molecule has 2 atom stereocenters. The summed E-state index contributed by atoms with van der Waals surface area (Å²) in [6, 6.07) is -0.304. The molecule has 0 rings (SSSR count). The van der Waals surface area contributed by atoms with Crippen LogP contribution in [0.15, 0.2) is 0 Å².